The molecule has 0 aliphatic carbocycles. The highest BCUT2D eigenvalue weighted by atomic mass is 32.2. The van der Waals surface area contributed by atoms with Crippen molar-refractivity contribution in [1.29, 1.82) is 0 Å². The highest BCUT2D eigenvalue weighted by molar-refractivity contribution is 7.91. The molecule has 7 N–H and O–H groups in total. The third kappa shape index (κ3) is 5.78. The summed E-state index contributed by atoms with van der Waals surface area (Å²) >= 11 is 0. The molecule has 0 spiro atoms. The maximum atomic E-state index is 13.7. The lowest BCUT2D eigenvalue weighted by atomic mass is 10.1. The van der Waals surface area contributed by atoms with Gasteiger partial charge in [-0.3, -0.25) is 28.3 Å². The molecule has 1 aromatic carbocycles. The maximum absolute atomic E-state index is 13.7. The molecule has 0 atom stereocenters. The Hall–Kier alpha value is -4.37. The molecule has 14 nitrogen and oxygen atoms in total. The van der Waals surface area contributed by atoms with Crippen LogP contribution < -0.4 is 31.4 Å². The summed E-state index contributed by atoms with van der Waals surface area (Å²) in [5.41, 5.74) is 4.26. The predicted octanol–water partition coefficient (Wildman–Crippen LogP) is -0.142. The number of benzene rings is 1. The zero-order valence-corrected chi connectivity index (χ0v) is 22.2. The van der Waals surface area contributed by atoms with Crippen molar-refractivity contribution in [3.63, 3.8) is 0 Å². The molecule has 15 heteroatoms. The smallest absolute Gasteiger partial charge is 0.323 e. The summed E-state index contributed by atoms with van der Waals surface area (Å²) in [6, 6.07) is 7.80. The molecule has 3 rings (SSSR count). The normalized spacial score (nSPS) is 11.4. The first-order valence-corrected chi connectivity index (χ1v) is 13.1. The van der Waals surface area contributed by atoms with E-state index in [-0.39, 0.29) is 47.8 Å². The van der Waals surface area contributed by atoms with Crippen LogP contribution in [0.4, 0.5) is 11.5 Å². The second-order valence-electron chi connectivity index (χ2n) is 8.46. The Morgan fingerprint density at radius 3 is 2.08 bits per heavy atom. The average Bonchev–Trinajstić information content (AvgIpc) is 3.12. The molecule has 2 heterocycles. The van der Waals surface area contributed by atoms with Gasteiger partial charge in [0.05, 0.1) is 22.5 Å². The van der Waals surface area contributed by atoms with Crippen molar-refractivity contribution >= 4 is 45.1 Å². The Morgan fingerprint density at radius 2 is 1.53 bits per heavy atom. The fourth-order valence-electron chi connectivity index (χ4n) is 3.87. The van der Waals surface area contributed by atoms with Gasteiger partial charge in [-0.15, -0.1) is 0 Å². The lowest BCUT2D eigenvalue weighted by Gasteiger charge is -2.13. The summed E-state index contributed by atoms with van der Waals surface area (Å²) in [4.78, 5) is 57.1. The predicted molar refractivity (Wildman–Crippen MR) is 142 cm³/mol. The summed E-state index contributed by atoms with van der Waals surface area (Å²) < 4.78 is 30.0. The van der Waals surface area contributed by atoms with Crippen LogP contribution in [0.25, 0.3) is 5.65 Å². The first kappa shape index (κ1) is 28.2. The van der Waals surface area contributed by atoms with Crippen molar-refractivity contribution in [3.8, 4) is 0 Å². The van der Waals surface area contributed by atoms with Crippen molar-refractivity contribution in [1.82, 2.24) is 29.6 Å². The number of H-pyrrole nitrogens is 1. The van der Waals surface area contributed by atoms with Crippen LogP contribution in [0.3, 0.4) is 0 Å². The number of aromatic nitrogens is 2. The summed E-state index contributed by atoms with van der Waals surface area (Å²) in [6.45, 7) is 3.89. The van der Waals surface area contributed by atoms with E-state index >= 15 is 0 Å². The number of nitrogens with zero attached hydrogens (tertiary/aromatic N) is 2. The number of anilines is 2. The average molecular weight is 547 g/mol. The van der Waals surface area contributed by atoms with Crippen LogP contribution in [0.2, 0.25) is 0 Å². The number of amides is 3. The molecule has 204 valence electrons. The minimum atomic E-state index is -4.45. The molecule has 2 aromatic heterocycles. The molecule has 0 aliphatic rings. The number of nitrogens with one attached hydrogen (secondary N) is 5. The zero-order chi connectivity index (χ0) is 28.2. The van der Waals surface area contributed by atoms with Crippen LogP contribution in [0.1, 0.15) is 50.6 Å². The maximum Gasteiger partial charge on any atom is 0.323 e. The number of hydrogen-bond acceptors (Lipinski definition) is 8. The Morgan fingerprint density at radius 1 is 0.947 bits per heavy atom. The fraction of sp³-hybridized carbons (Fsp3) is 0.304. The van der Waals surface area contributed by atoms with Crippen molar-refractivity contribution < 1.29 is 22.8 Å². The van der Waals surface area contributed by atoms with Crippen LogP contribution in [0.15, 0.2) is 35.1 Å². The molecule has 0 radical (unpaired) electrons. The molecule has 0 saturated carbocycles. The minimum absolute atomic E-state index is 0.0228. The van der Waals surface area contributed by atoms with Gasteiger partial charge in [-0.2, -0.15) is 8.42 Å². The van der Waals surface area contributed by atoms with Gasteiger partial charge in [0.1, 0.15) is 17.0 Å². The minimum Gasteiger partial charge on any atom is -0.384 e. The third-order valence-corrected chi connectivity index (χ3v) is 6.24. The second-order valence-corrected chi connectivity index (χ2v) is 9.87. The van der Waals surface area contributed by atoms with Gasteiger partial charge < -0.3 is 26.3 Å². The third-order valence-electron chi connectivity index (χ3n) is 5.28. The molecule has 0 aliphatic heterocycles. The Balaban J connectivity index is 2.24. The van der Waals surface area contributed by atoms with Gasteiger partial charge in [-0.25, -0.2) is 4.72 Å². The van der Waals surface area contributed by atoms with E-state index in [2.05, 4.69) is 20.3 Å². The number of nitrogens with two attached hydrogens (primary N) is 1. The van der Waals surface area contributed by atoms with E-state index in [4.69, 9.17) is 5.73 Å². The van der Waals surface area contributed by atoms with Crippen LogP contribution in [-0.2, 0) is 16.8 Å². The number of hydrogen-bond donors (Lipinski definition) is 6. The van der Waals surface area contributed by atoms with E-state index in [0.717, 1.165) is 4.40 Å². The van der Waals surface area contributed by atoms with E-state index in [1.54, 1.807) is 55.8 Å². The van der Waals surface area contributed by atoms with Gasteiger partial charge >= 0.3 is 10.2 Å². The highest BCUT2D eigenvalue weighted by Gasteiger charge is 2.32. The Labute approximate surface area is 218 Å². The molecule has 3 aromatic rings. The topological polar surface area (TPSA) is 200 Å². The number of aromatic amines is 1. The second kappa shape index (κ2) is 11.4. The van der Waals surface area contributed by atoms with Crippen molar-refractivity contribution in [2.75, 3.05) is 37.6 Å². The number of nitrogen functional groups attached to an aromatic ring is 1. The van der Waals surface area contributed by atoms with Crippen LogP contribution in [0.5, 0.6) is 0 Å². The van der Waals surface area contributed by atoms with E-state index in [9.17, 15) is 27.6 Å². The summed E-state index contributed by atoms with van der Waals surface area (Å²) in [6.07, 6.45) is 0. The van der Waals surface area contributed by atoms with Gasteiger partial charge in [0.2, 0.25) is 0 Å². The molecule has 0 bridgehead atoms. The Kier molecular flexibility index (Phi) is 8.42. The number of fused-ring (bicyclic) bond motifs is 1. The number of carbonyl (C=O) groups excluding carboxylic acids is 3. The Bertz CT molecular complexity index is 1540. The lowest BCUT2D eigenvalue weighted by molar-refractivity contribution is 0.0922. The monoisotopic (exact) mass is 546 g/mol. The van der Waals surface area contributed by atoms with Gasteiger partial charge in [-0.1, -0.05) is 18.2 Å². The largest absolute Gasteiger partial charge is 0.384 e. The van der Waals surface area contributed by atoms with E-state index in [1.807, 2.05) is 0 Å². The van der Waals surface area contributed by atoms with Gasteiger partial charge in [0, 0.05) is 19.6 Å². The van der Waals surface area contributed by atoms with Gasteiger partial charge in [-0.05, 0) is 40.1 Å². The first-order valence-electron chi connectivity index (χ1n) is 11.6. The van der Waals surface area contributed by atoms with Crippen molar-refractivity contribution in [2.24, 2.45) is 0 Å². The molecule has 38 heavy (non-hydrogen) atoms. The standard InChI is InChI=1S/C23H30N8O6S/c1-5-25-20(32)15-14(12-30(3)4)31-19(16(15)21(33)26-6-2)27-18(24)17(23(31)35)22(34)29-38(36,37)28-13-10-8-7-9-11-13/h7-11,27-28H,5-6,12,24H2,1-4H3,(H,25,32)(H,26,33)(H,29,34). The number of para-hydroxylation sites is 1. The quantitative estimate of drug-likeness (QED) is 0.202. The fourth-order valence-corrected chi connectivity index (χ4v) is 4.72. The van der Waals surface area contributed by atoms with Crippen LogP contribution in [-0.4, -0.2) is 67.6 Å². The van der Waals surface area contributed by atoms with Crippen molar-refractivity contribution in [2.45, 2.75) is 20.4 Å². The molecular formula is C23H30N8O6S. The van der Waals surface area contributed by atoms with E-state index in [1.165, 1.54) is 12.1 Å². The van der Waals surface area contributed by atoms with Crippen LogP contribution in [0, 0.1) is 0 Å². The molecule has 3 amide bonds. The summed E-state index contributed by atoms with van der Waals surface area (Å²) in [5, 5.41) is 5.25. The van der Waals surface area contributed by atoms with Crippen LogP contribution >= 0.6 is 0 Å². The first-order chi connectivity index (χ1) is 17.9. The van der Waals surface area contributed by atoms with E-state index < -0.39 is 44.9 Å². The molecular weight excluding hydrogens is 516 g/mol. The number of rotatable bonds is 10. The molecule has 0 unspecified atom stereocenters. The lowest BCUT2D eigenvalue weighted by Crippen LogP contribution is -2.39. The zero-order valence-electron chi connectivity index (χ0n) is 21.3. The summed E-state index contributed by atoms with van der Waals surface area (Å²) in [7, 11) is -1.07. The van der Waals surface area contributed by atoms with Gasteiger partial charge in [0.25, 0.3) is 23.3 Å². The summed E-state index contributed by atoms with van der Waals surface area (Å²) in [5.74, 6) is -3.05. The molecule has 0 saturated heterocycles. The SMILES string of the molecule is CCNC(=O)c1c(C(=O)NCC)c2[nH]c(N)c(C(=O)NS(=O)(=O)Nc3ccccc3)c(=O)n2c1CN(C)C. The van der Waals surface area contributed by atoms with Gasteiger partial charge in [0.15, 0.2) is 0 Å². The number of carbonyl (C=O) groups is 3. The highest BCUT2D eigenvalue weighted by Crippen LogP contribution is 2.24. The van der Waals surface area contributed by atoms with E-state index in [0.29, 0.717) is 0 Å². The van der Waals surface area contributed by atoms with Crippen molar-refractivity contribution in [3.05, 3.63) is 63.1 Å². The molecule has 0 fully saturated rings.